The van der Waals surface area contributed by atoms with Crippen LogP contribution in [0.5, 0.6) is 0 Å². The molecule has 1 N–H and O–H groups in total. The molecule has 1 amide bonds. The summed E-state index contributed by atoms with van der Waals surface area (Å²) in [6.45, 7) is 0.958. The van der Waals surface area contributed by atoms with Crippen LogP contribution in [0.4, 0.5) is 11.4 Å². The molecule has 2 aromatic rings. The van der Waals surface area contributed by atoms with E-state index in [1.54, 1.807) is 30.3 Å². The molecule has 9 heteroatoms. The van der Waals surface area contributed by atoms with Crippen molar-refractivity contribution in [3.63, 3.8) is 0 Å². The number of carbonyl (C=O) groups is 3. The molecule has 27 heavy (non-hydrogen) atoms. The van der Waals surface area contributed by atoms with Gasteiger partial charge in [-0.3, -0.25) is 24.5 Å². The van der Waals surface area contributed by atoms with Crippen molar-refractivity contribution < 1.29 is 24.0 Å². The average Bonchev–Trinajstić information content (AvgIpc) is 2.65. The molecule has 0 radical (unpaired) electrons. The lowest BCUT2D eigenvalue weighted by molar-refractivity contribution is -0.387. The minimum Gasteiger partial charge on any atom is -0.455 e. The zero-order valence-corrected chi connectivity index (χ0v) is 15.2. The zero-order chi connectivity index (χ0) is 19.8. The number of hydrogen-bond donors (Lipinski definition) is 1. The van der Waals surface area contributed by atoms with Gasteiger partial charge in [0.05, 0.1) is 15.6 Å². The SMILES string of the molecule is CC(=O)c1ccc(NC(=O)COC(=O)CSc2ccccc2[N+](=O)[O-])cc1. The van der Waals surface area contributed by atoms with Gasteiger partial charge in [-0.15, -0.1) is 11.8 Å². The van der Waals surface area contributed by atoms with E-state index >= 15 is 0 Å². The number of nitro groups is 1. The second kappa shape index (κ2) is 9.48. The Morgan fingerprint density at radius 1 is 1.11 bits per heavy atom. The quantitative estimate of drug-likeness (QED) is 0.243. The highest BCUT2D eigenvalue weighted by atomic mass is 32.2. The Kier molecular flexibility index (Phi) is 7.07. The Labute approximate surface area is 159 Å². The molecule has 0 aliphatic heterocycles. The molecule has 140 valence electrons. The fourth-order valence-corrected chi connectivity index (χ4v) is 2.86. The smallest absolute Gasteiger partial charge is 0.316 e. The van der Waals surface area contributed by atoms with Gasteiger partial charge in [-0.2, -0.15) is 0 Å². The molecular weight excluding hydrogens is 372 g/mol. The highest BCUT2D eigenvalue weighted by Gasteiger charge is 2.15. The minimum absolute atomic E-state index is 0.0852. The van der Waals surface area contributed by atoms with Crippen LogP contribution in [0.15, 0.2) is 53.4 Å². The molecule has 2 rings (SSSR count). The van der Waals surface area contributed by atoms with Crippen molar-refractivity contribution in [2.45, 2.75) is 11.8 Å². The maximum Gasteiger partial charge on any atom is 0.316 e. The molecule has 0 aliphatic carbocycles. The summed E-state index contributed by atoms with van der Waals surface area (Å²) in [5, 5.41) is 13.5. The van der Waals surface area contributed by atoms with E-state index in [0.717, 1.165) is 11.8 Å². The summed E-state index contributed by atoms with van der Waals surface area (Å²) in [6.07, 6.45) is 0. The molecule has 0 atom stereocenters. The van der Waals surface area contributed by atoms with Gasteiger partial charge in [0.2, 0.25) is 0 Å². The number of rotatable bonds is 8. The number of nitrogens with zero attached hydrogens (tertiary/aromatic N) is 1. The first-order valence-corrected chi connectivity index (χ1v) is 8.78. The summed E-state index contributed by atoms with van der Waals surface area (Å²) < 4.78 is 4.86. The van der Waals surface area contributed by atoms with E-state index in [4.69, 9.17) is 4.74 Å². The van der Waals surface area contributed by atoms with E-state index in [1.165, 1.54) is 25.1 Å². The van der Waals surface area contributed by atoms with E-state index < -0.39 is 23.4 Å². The Balaban J connectivity index is 1.79. The Bertz CT molecular complexity index is 866. The molecule has 8 nitrogen and oxygen atoms in total. The lowest BCUT2D eigenvalue weighted by atomic mass is 10.1. The van der Waals surface area contributed by atoms with Crippen molar-refractivity contribution in [3.05, 3.63) is 64.2 Å². The molecule has 2 aromatic carbocycles. The molecule has 0 saturated heterocycles. The molecular formula is C18H16N2O6S. The maximum absolute atomic E-state index is 11.8. The van der Waals surface area contributed by atoms with Gasteiger partial charge in [0.25, 0.3) is 11.6 Å². The summed E-state index contributed by atoms with van der Waals surface area (Å²) >= 11 is 0.964. The largest absolute Gasteiger partial charge is 0.455 e. The monoisotopic (exact) mass is 388 g/mol. The van der Waals surface area contributed by atoms with E-state index in [0.29, 0.717) is 16.1 Å². The van der Waals surface area contributed by atoms with Crippen molar-refractivity contribution in [1.29, 1.82) is 0 Å². The number of esters is 1. The van der Waals surface area contributed by atoms with Crippen LogP contribution >= 0.6 is 11.8 Å². The van der Waals surface area contributed by atoms with Gasteiger partial charge in [-0.05, 0) is 37.3 Å². The number of carbonyl (C=O) groups excluding carboxylic acids is 3. The van der Waals surface area contributed by atoms with E-state index in [2.05, 4.69) is 5.32 Å². The number of nitrogens with one attached hydrogen (secondary N) is 1. The third-order valence-electron chi connectivity index (χ3n) is 3.35. The topological polar surface area (TPSA) is 116 Å². The number of ketones is 1. The third kappa shape index (κ3) is 6.23. The number of anilines is 1. The van der Waals surface area contributed by atoms with Crippen LogP contribution in [0, 0.1) is 10.1 Å². The fourth-order valence-electron chi connectivity index (χ4n) is 2.04. The summed E-state index contributed by atoms with van der Waals surface area (Å²) in [6, 6.07) is 12.3. The molecule has 0 spiro atoms. The number of para-hydroxylation sites is 1. The maximum atomic E-state index is 11.8. The van der Waals surface area contributed by atoms with Gasteiger partial charge in [0.15, 0.2) is 12.4 Å². The lowest BCUT2D eigenvalue weighted by Crippen LogP contribution is -2.21. The highest BCUT2D eigenvalue weighted by molar-refractivity contribution is 8.00. The highest BCUT2D eigenvalue weighted by Crippen LogP contribution is 2.28. The number of nitro benzene ring substituents is 1. The summed E-state index contributed by atoms with van der Waals surface area (Å²) in [5.41, 5.74) is 0.892. The Morgan fingerprint density at radius 2 is 1.78 bits per heavy atom. The van der Waals surface area contributed by atoms with Crippen LogP contribution in [0.25, 0.3) is 0 Å². The predicted octanol–water partition coefficient (Wildman–Crippen LogP) is 3.07. The number of ether oxygens (including phenoxy) is 1. The normalized spacial score (nSPS) is 10.1. The zero-order valence-electron chi connectivity index (χ0n) is 14.3. The van der Waals surface area contributed by atoms with Crippen LogP contribution in [-0.4, -0.2) is 34.9 Å². The van der Waals surface area contributed by atoms with Crippen molar-refractivity contribution in [1.82, 2.24) is 0 Å². The standard InChI is InChI=1S/C18H16N2O6S/c1-12(21)13-6-8-14(9-7-13)19-17(22)10-26-18(23)11-27-16-5-3-2-4-15(16)20(24)25/h2-9H,10-11H2,1H3,(H,19,22). The van der Waals surface area contributed by atoms with E-state index in [9.17, 15) is 24.5 Å². The summed E-state index contributed by atoms with van der Waals surface area (Å²) in [7, 11) is 0. The molecule has 0 aromatic heterocycles. The number of amides is 1. The molecule has 0 fully saturated rings. The van der Waals surface area contributed by atoms with E-state index in [-0.39, 0.29) is 17.2 Å². The first-order valence-electron chi connectivity index (χ1n) is 7.79. The van der Waals surface area contributed by atoms with Crippen molar-refractivity contribution >= 4 is 40.8 Å². The van der Waals surface area contributed by atoms with Crippen molar-refractivity contribution in [2.24, 2.45) is 0 Å². The third-order valence-corrected chi connectivity index (χ3v) is 4.38. The first-order chi connectivity index (χ1) is 12.9. The fraction of sp³-hybridized carbons (Fsp3) is 0.167. The van der Waals surface area contributed by atoms with Gasteiger partial charge in [0.1, 0.15) is 0 Å². The van der Waals surface area contributed by atoms with Crippen LogP contribution in [-0.2, 0) is 14.3 Å². The lowest BCUT2D eigenvalue weighted by Gasteiger charge is -2.07. The Hall–Kier alpha value is -3.20. The van der Waals surface area contributed by atoms with Gasteiger partial charge >= 0.3 is 5.97 Å². The van der Waals surface area contributed by atoms with Crippen LogP contribution in [0.3, 0.4) is 0 Å². The number of hydrogen-bond acceptors (Lipinski definition) is 7. The molecule has 0 bridgehead atoms. The van der Waals surface area contributed by atoms with Gasteiger partial charge in [-0.1, -0.05) is 12.1 Å². The summed E-state index contributed by atoms with van der Waals surface area (Å²) in [5.74, 6) is -1.45. The number of Topliss-reactive ketones (excluding diaryl/α,β-unsaturated/α-hetero) is 1. The van der Waals surface area contributed by atoms with E-state index in [1.807, 2.05) is 0 Å². The van der Waals surface area contributed by atoms with Crippen LogP contribution < -0.4 is 5.32 Å². The second-order valence-corrected chi connectivity index (χ2v) is 6.37. The predicted molar refractivity (Wildman–Crippen MR) is 99.9 cm³/mol. The molecule has 0 aliphatic rings. The second-order valence-electron chi connectivity index (χ2n) is 5.36. The van der Waals surface area contributed by atoms with Crippen LogP contribution in [0.1, 0.15) is 17.3 Å². The number of thioether (sulfide) groups is 1. The van der Waals surface area contributed by atoms with Crippen molar-refractivity contribution in [2.75, 3.05) is 17.7 Å². The van der Waals surface area contributed by atoms with Crippen LogP contribution in [0.2, 0.25) is 0 Å². The molecule has 0 saturated carbocycles. The van der Waals surface area contributed by atoms with Gasteiger partial charge in [0, 0.05) is 17.3 Å². The van der Waals surface area contributed by atoms with Gasteiger partial charge < -0.3 is 10.1 Å². The minimum atomic E-state index is -0.666. The average molecular weight is 388 g/mol. The Morgan fingerprint density at radius 3 is 2.41 bits per heavy atom. The summed E-state index contributed by atoms with van der Waals surface area (Å²) in [4.78, 5) is 45.5. The first kappa shape index (κ1) is 20.1. The molecule has 0 unspecified atom stereocenters. The molecule has 0 heterocycles. The number of benzene rings is 2. The van der Waals surface area contributed by atoms with Crippen molar-refractivity contribution in [3.8, 4) is 0 Å². The van der Waals surface area contributed by atoms with Gasteiger partial charge in [-0.25, -0.2) is 0 Å².